The van der Waals surface area contributed by atoms with Crippen molar-refractivity contribution >= 4 is 38.6 Å². The highest BCUT2D eigenvalue weighted by atomic mass is 35.5. The molecule has 0 radical (unpaired) electrons. The largest absolute Gasteiger partial charge is 0.493 e. The van der Waals surface area contributed by atoms with Crippen LogP contribution in [0.4, 0.5) is 5.82 Å². The fourth-order valence-electron chi connectivity index (χ4n) is 3.52. The molecule has 2 aromatic carbocycles. The third kappa shape index (κ3) is 6.42. The molecule has 0 fully saturated rings. The maximum atomic E-state index is 13.3. The van der Waals surface area contributed by atoms with Gasteiger partial charge >= 0.3 is 0 Å². The van der Waals surface area contributed by atoms with Gasteiger partial charge in [0.25, 0.3) is 15.9 Å². The number of fused-ring (bicyclic) bond motifs is 1. The molecule has 0 spiro atoms. The molecule has 0 amide bonds. The molecule has 0 aliphatic heterocycles. The summed E-state index contributed by atoms with van der Waals surface area (Å²) in [6, 6.07) is 13.5. The summed E-state index contributed by atoms with van der Waals surface area (Å²) in [6.45, 7) is 2.91. The maximum absolute atomic E-state index is 13.3. The molecule has 2 heterocycles. The average molecular weight is 558 g/mol. The van der Waals surface area contributed by atoms with E-state index in [1.54, 1.807) is 50.6 Å². The fraction of sp³-hybridized carbons (Fsp3) is 0.269. The number of sulfonamides is 1. The zero-order valence-corrected chi connectivity index (χ0v) is 23.0. The van der Waals surface area contributed by atoms with Crippen molar-refractivity contribution in [2.45, 2.75) is 18.4 Å². The number of hydrogen-bond acceptors (Lipinski definition) is 9. The number of halogens is 1. The van der Waals surface area contributed by atoms with E-state index in [0.29, 0.717) is 34.2 Å². The Balaban J connectivity index is 1.63. The first-order chi connectivity index (χ1) is 18.2. The number of ether oxygens (including phenoxy) is 3. The summed E-state index contributed by atoms with van der Waals surface area (Å²) in [5.41, 5.74) is 1.89. The van der Waals surface area contributed by atoms with Gasteiger partial charge in [-0.1, -0.05) is 23.7 Å². The second-order valence-electron chi connectivity index (χ2n) is 8.62. The average Bonchev–Trinajstić information content (AvgIpc) is 2.88. The molecular weight excluding hydrogens is 530 g/mol. The summed E-state index contributed by atoms with van der Waals surface area (Å²) in [7, 11) is 1.44. The minimum Gasteiger partial charge on any atom is -0.493 e. The molecule has 0 bridgehead atoms. The quantitative estimate of drug-likeness (QED) is 0.288. The SMILES string of the molecule is COc1ccc(COc2nc3cccnc3nc2NS(=O)(=O)c2cccc(Cl)c2C)cc1OCCN(C)C. The van der Waals surface area contributed by atoms with Crippen LogP contribution in [0, 0.1) is 6.92 Å². The van der Waals surface area contributed by atoms with Crippen LogP contribution in [0.3, 0.4) is 0 Å². The summed E-state index contributed by atoms with van der Waals surface area (Å²) >= 11 is 6.15. The van der Waals surface area contributed by atoms with Crippen LogP contribution in [-0.4, -0.2) is 62.6 Å². The highest BCUT2D eigenvalue weighted by molar-refractivity contribution is 7.92. The van der Waals surface area contributed by atoms with E-state index < -0.39 is 10.0 Å². The number of rotatable bonds is 11. The molecular formula is C26H28ClN5O5S. The Morgan fingerprint density at radius 2 is 1.84 bits per heavy atom. The van der Waals surface area contributed by atoms with Crippen molar-refractivity contribution in [2.75, 3.05) is 39.1 Å². The van der Waals surface area contributed by atoms with Crippen LogP contribution in [0.15, 0.2) is 59.6 Å². The van der Waals surface area contributed by atoms with Crippen molar-refractivity contribution in [1.29, 1.82) is 0 Å². The molecule has 10 nitrogen and oxygen atoms in total. The molecule has 0 aliphatic rings. The van der Waals surface area contributed by atoms with Crippen molar-refractivity contribution in [1.82, 2.24) is 19.9 Å². The number of likely N-dealkylation sites (N-methyl/N-ethyl adjacent to an activating group) is 1. The van der Waals surface area contributed by atoms with Gasteiger partial charge in [-0.3, -0.25) is 4.72 Å². The van der Waals surface area contributed by atoms with Crippen LogP contribution in [0.5, 0.6) is 17.4 Å². The van der Waals surface area contributed by atoms with Crippen LogP contribution in [0.2, 0.25) is 5.02 Å². The topological polar surface area (TPSA) is 116 Å². The molecule has 1 N–H and O–H groups in total. The molecule has 38 heavy (non-hydrogen) atoms. The van der Waals surface area contributed by atoms with Crippen molar-refractivity contribution in [3.63, 3.8) is 0 Å². The highest BCUT2D eigenvalue weighted by Crippen LogP contribution is 2.31. The molecule has 0 unspecified atom stereocenters. The standard InChI is InChI=1S/C26H28ClN5O5S/c1-17-19(27)7-5-9-23(17)38(33,34)31-25-26(29-20-8-6-12-28-24(20)30-25)37-16-18-10-11-21(35-4)22(15-18)36-14-13-32(2)3/h5-12,15H,13-14,16H2,1-4H3,(H,28,30,31). The number of pyridine rings is 1. The number of benzene rings is 2. The van der Waals surface area contributed by atoms with Gasteiger partial charge in [-0.15, -0.1) is 0 Å². The zero-order valence-electron chi connectivity index (χ0n) is 21.4. The first-order valence-corrected chi connectivity index (χ1v) is 13.5. The summed E-state index contributed by atoms with van der Waals surface area (Å²) < 4.78 is 46.3. The minimum absolute atomic E-state index is 0.000324. The summed E-state index contributed by atoms with van der Waals surface area (Å²) in [6.07, 6.45) is 1.55. The molecule has 2 aromatic heterocycles. The number of nitrogens with zero attached hydrogens (tertiary/aromatic N) is 4. The lowest BCUT2D eigenvalue weighted by molar-refractivity contribution is 0.249. The number of nitrogens with one attached hydrogen (secondary N) is 1. The Morgan fingerprint density at radius 1 is 1.03 bits per heavy atom. The lowest BCUT2D eigenvalue weighted by atomic mass is 10.2. The molecule has 12 heteroatoms. The van der Waals surface area contributed by atoms with Gasteiger partial charge in [0.2, 0.25) is 5.82 Å². The first kappa shape index (κ1) is 27.4. The van der Waals surface area contributed by atoms with Crippen molar-refractivity contribution in [2.24, 2.45) is 0 Å². The predicted octanol–water partition coefficient (Wildman–Crippen LogP) is 4.32. The van der Waals surface area contributed by atoms with Crippen LogP contribution in [0.1, 0.15) is 11.1 Å². The maximum Gasteiger partial charge on any atom is 0.263 e. The van der Waals surface area contributed by atoms with Gasteiger partial charge in [-0.2, -0.15) is 0 Å². The molecule has 4 rings (SSSR count). The van der Waals surface area contributed by atoms with Gasteiger partial charge in [0.15, 0.2) is 17.1 Å². The lowest BCUT2D eigenvalue weighted by Gasteiger charge is -2.16. The zero-order chi connectivity index (χ0) is 27.3. The molecule has 0 atom stereocenters. The van der Waals surface area contributed by atoms with Crippen LogP contribution < -0.4 is 18.9 Å². The van der Waals surface area contributed by atoms with Gasteiger partial charge in [-0.05, 0) is 68.5 Å². The van der Waals surface area contributed by atoms with E-state index in [2.05, 4.69) is 19.7 Å². The van der Waals surface area contributed by atoms with E-state index in [-0.39, 0.29) is 28.8 Å². The van der Waals surface area contributed by atoms with E-state index in [0.717, 1.165) is 12.1 Å². The normalized spacial score (nSPS) is 11.5. The summed E-state index contributed by atoms with van der Waals surface area (Å²) in [5.74, 6) is 1.07. The van der Waals surface area contributed by atoms with Gasteiger partial charge in [0, 0.05) is 17.8 Å². The Kier molecular flexibility index (Phi) is 8.50. The molecule has 4 aromatic rings. The molecule has 200 valence electrons. The Labute approximate surface area is 226 Å². The predicted molar refractivity (Wildman–Crippen MR) is 146 cm³/mol. The van der Waals surface area contributed by atoms with Crippen molar-refractivity contribution < 1.29 is 22.6 Å². The monoisotopic (exact) mass is 557 g/mol. The number of aromatic nitrogens is 3. The Bertz CT molecular complexity index is 1550. The van der Waals surface area contributed by atoms with E-state index in [1.807, 2.05) is 31.1 Å². The Hall–Kier alpha value is -3.67. The lowest BCUT2D eigenvalue weighted by Crippen LogP contribution is -2.19. The van der Waals surface area contributed by atoms with Gasteiger partial charge < -0.3 is 19.1 Å². The summed E-state index contributed by atoms with van der Waals surface area (Å²) in [5, 5.41) is 0.332. The van der Waals surface area contributed by atoms with E-state index in [4.69, 9.17) is 25.8 Å². The second kappa shape index (κ2) is 11.8. The van der Waals surface area contributed by atoms with Crippen LogP contribution in [-0.2, 0) is 16.6 Å². The van der Waals surface area contributed by atoms with Gasteiger partial charge in [0.1, 0.15) is 18.7 Å². The third-order valence-corrected chi connectivity index (χ3v) is 7.44. The second-order valence-corrected chi connectivity index (χ2v) is 10.7. The highest BCUT2D eigenvalue weighted by Gasteiger charge is 2.23. The van der Waals surface area contributed by atoms with Gasteiger partial charge in [-0.25, -0.2) is 23.4 Å². The third-order valence-electron chi connectivity index (χ3n) is 5.55. The van der Waals surface area contributed by atoms with E-state index >= 15 is 0 Å². The fourth-order valence-corrected chi connectivity index (χ4v) is 5.02. The first-order valence-electron chi connectivity index (χ1n) is 11.7. The number of hydrogen-bond donors (Lipinski definition) is 1. The van der Waals surface area contributed by atoms with E-state index in [1.165, 1.54) is 6.07 Å². The van der Waals surface area contributed by atoms with E-state index in [9.17, 15) is 8.42 Å². The van der Waals surface area contributed by atoms with Crippen LogP contribution >= 0.6 is 11.6 Å². The molecule has 0 aliphatic carbocycles. The Morgan fingerprint density at radius 3 is 2.61 bits per heavy atom. The van der Waals surface area contributed by atoms with Crippen molar-refractivity contribution in [3.05, 3.63) is 70.9 Å². The van der Waals surface area contributed by atoms with Crippen LogP contribution in [0.25, 0.3) is 11.2 Å². The van der Waals surface area contributed by atoms with Gasteiger partial charge in [0.05, 0.1) is 12.0 Å². The number of anilines is 1. The molecule has 0 saturated heterocycles. The smallest absolute Gasteiger partial charge is 0.263 e. The molecule has 0 saturated carbocycles. The minimum atomic E-state index is -4.06. The summed E-state index contributed by atoms with van der Waals surface area (Å²) in [4.78, 5) is 15.1. The number of methoxy groups -OCH3 is 1. The van der Waals surface area contributed by atoms with Crippen molar-refractivity contribution in [3.8, 4) is 17.4 Å².